The first kappa shape index (κ1) is 16.1. The molecular weight excluding hydrogens is 292 g/mol. The van der Waals surface area contributed by atoms with Crippen molar-refractivity contribution in [1.29, 1.82) is 0 Å². The molecule has 2 amide bonds. The number of carboxylic acids is 1. The molecule has 2 rings (SSSR count). The van der Waals surface area contributed by atoms with Crippen LogP contribution in [0.5, 0.6) is 0 Å². The van der Waals surface area contributed by atoms with Gasteiger partial charge in [-0.3, -0.25) is 9.59 Å². The lowest BCUT2D eigenvalue weighted by molar-refractivity contribution is -0.150. The minimum absolute atomic E-state index is 0.0619. The van der Waals surface area contributed by atoms with Crippen molar-refractivity contribution in [3.8, 4) is 0 Å². The molecule has 1 heterocycles. The molecule has 2 aliphatic rings. The summed E-state index contributed by atoms with van der Waals surface area (Å²) in [7, 11) is 0. The van der Waals surface area contributed by atoms with Gasteiger partial charge in [0.2, 0.25) is 11.8 Å². The molecule has 0 aromatic heterocycles. The van der Waals surface area contributed by atoms with Crippen molar-refractivity contribution < 1.29 is 19.5 Å². The van der Waals surface area contributed by atoms with Crippen molar-refractivity contribution in [3.63, 3.8) is 0 Å². The fourth-order valence-electron chi connectivity index (χ4n) is 2.98. The molecule has 0 aromatic carbocycles. The van der Waals surface area contributed by atoms with E-state index < -0.39 is 17.6 Å². The largest absolute Gasteiger partial charge is 0.480 e. The van der Waals surface area contributed by atoms with Gasteiger partial charge in [-0.05, 0) is 12.8 Å². The molecule has 2 fully saturated rings. The number of nitrogens with one attached hydrogen (secondary N) is 1. The van der Waals surface area contributed by atoms with Crippen LogP contribution in [0.1, 0.15) is 45.4 Å². The van der Waals surface area contributed by atoms with Crippen molar-refractivity contribution >= 4 is 29.5 Å². The molecule has 0 spiro atoms. The van der Waals surface area contributed by atoms with Gasteiger partial charge in [-0.15, -0.1) is 11.8 Å². The molecule has 2 N–H and O–H groups in total. The number of thioether (sulfide) groups is 1. The Morgan fingerprint density at radius 3 is 2.52 bits per heavy atom. The van der Waals surface area contributed by atoms with E-state index in [1.807, 2.05) is 0 Å². The minimum atomic E-state index is -1.15. The summed E-state index contributed by atoms with van der Waals surface area (Å²) in [5.41, 5.74) is -1.15. The fourth-order valence-corrected chi connectivity index (χ4v) is 4.16. The molecular formula is C14H22N2O4S. The molecule has 0 bridgehead atoms. The molecule has 6 nitrogen and oxygen atoms in total. The second-order valence-corrected chi connectivity index (χ2v) is 6.67. The molecule has 7 heteroatoms. The maximum Gasteiger partial charge on any atom is 0.329 e. The van der Waals surface area contributed by atoms with Crippen LogP contribution in [0.3, 0.4) is 0 Å². The van der Waals surface area contributed by atoms with E-state index in [0.717, 1.165) is 19.3 Å². The van der Waals surface area contributed by atoms with Crippen LogP contribution in [-0.2, 0) is 14.4 Å². The molecule has 1 saturated heterocycles. The van der Waals surface area contributed by atoms with Crippen molar-refractivity contribution in [2.45, 2.75) is 57.0 Å². The van der Waals surface area contributed by atoms with Gasteiger partial charge in [0.05, 0.1) is 5.88 Å². The van der Waals surface area contributed by atoms with Gasteiger partial charge in [0.1, 0.15) is 11.6 Å². The third kappa shape index (κ3) is 3.33. The van der Waals surface area contributed by atoms with Gasteiger partial charge < -0.3 is 15.3 Å². The van der Waals surface area contributed by atoms with Crippen LogP contribution >= 0.6 is 11.8 Å². The number of carboxylic acid groups (broad SMARTS) is 1. The first-order valence-corrected chi connectivity index (χ1v) is 8.58. The Hall–Kier alpha value is -1.24. The Kier molecular flexibility index (Phi) is 5.13. The number of hydrogen-bond donors (Lipinski definition) is 2. The fraction of sp³-hybridized carbons (Fsp3) is 0.786. The summed E-state index contributed by atoms with van der Waals surface area (Å²) < 4.78 is 0. The second-order valence-electron chi connectivity index (χ2n) is 5.67. The van der Waals surface area contributed by atoms with Gasteiger partial charge in [-0.25, -0.2) is 4.79 Å². The predicted molar refractivity (Wildman–Crippen MR) is 79.8 cm³/mol. The average Bonchev–Trinajstić information content (AvgIpc) is 2.96. The van der Waals surface area contributed by atoms with Crippen molar-refractivity contribution in [3.05, 3.63) is 0 Å². The van der Waals surface area contributed by atoms with E-state index >= 15 is 0 Å². The van der Waals surface area contributed by atoms with Gasteiger partial charge in [0, 0.05) is 12.2 Å². The van der Waals surface area contributed by atoms with Crippen molar-refractivity contribution in [1.82, 2.24) is 10.2 Å². The van der Waals surface area contributed by atoms with E-state index in [4.69, 9.17) is 0 Å². The van der Waals surface area contributed by atoms with E-state index in [2.05, 4.69) is 5.32 Å². The zero-order valence-electron chi connectivity index (χ0n) is 12.3. The highest BCUT2D eigenvalue weighted by Gasteiger charge is 2.44. The van der Waals surface area contributed by atoms with Gasteiger partial charge in [-0.2, -0.15) is 0 Å². The molecule has 1 saturated carbocycles. The Labute approximate surface area is 128 Å². The maximum absolute atomic E-state index is 12.5. The van der Waals surface area contributed by atoms with E-state index in [0.29, 0.717) is 30.9 Å². The Balaban J connectivity index is 2.08. The maximum atomic E-state index is 12.5. The molecule has 21 heavy (non-hydrogen) atoms. The van der Waals surface area contributed by atoms with Crippen LogP contribution < -0.4 is 5.32 Å². The zero-order valence-corrected chi connectivity index (χ0v) is 13.1. The summed E-state index contributed by atoms with van der Waals surface area (Å²) in [6, 6.07) is -0.541. The third-order valence-corrected chi connectivity index (χ3v) is 5.30. The number of carbonyl (C=O) groups is 3. The third-order valence-electron chi connectivity index (χ3n) is 4.29. The number of aliphatic carboxylic acids is 1. The summed E-state index contributed by atoms with van der Waals surface area (Å²) in [4.78, 5) is 37.5. The molecule has 1 unspecified atom stereocenters. The SMILES string of the molecule is CCC(=O)N1CSCC1C(=O)NC1(C(=O)O)CCCCC1. The smallest absolute Gasteiger partial charge is 0.329 e. The van der Waals surface area contributed by atoms with Gasteiger partial charge >= 0.3 is 5.97 Å². The number of carbonyl (C=O) groups excluding carboxylic acids is 2. The topological polar surface area (TPSA) is 86.7 Å². The van der Waals surface area contributed by atoms with Crippen LogP contribution in [0.15, 0.2) is 0 Å². The second kappa shape index (κ2) is 6.68. The number of amides is 2. The van der Waals surface area contributed by atoms with Gasteiger partial charge in [-0.1, -0.05) is 26.2 Å². The summed E-state index contributed by atoms with van der Waals surface area (Å²) >= 11 is 1.53. The number of hydrogen-bond acceptors (Lipinski definition) is 4. The lowest BCUT2D eigenvalue weighted by atomic mass is 9.81. The highest BCUT2D eigenvalue weighted by molar-refractivity contribution is 7.99. The van der Waals surface area contributed by atoms with Crippen LogP contribution in [0.25, 0.3) is 0 Å². The highest BCUT2D eigenvalue weighted by atomic mass is 32.2. The molecule has 1 atom stereocenters. The van der Waals surface area contributed by atoms with Gasteiger partial charge in [0.25, 0.3) is 0 Å². The van der Waals surface area contributed by atoms with Crippen molar-refractivity contribution in [2.75, 3.05) is 11.6 Å². The van der Waals surface area contributed by atoms with E-state index in [-0.39, 0.29) is 11.8 Å². The summed E-state index contributed by atoms with van der Waals surface area (Å²) in [6.45, 7) is 1.76. The average molecular weight is 314 g/mol. The number of nitrogens with zero attached hydrogens (tertiary/aromatic N) is 1. The predicted octanol–water partition coefficient (Wildman–Crippen LogP) is 1.20. The minimum Gasteiger partial charge on any atom is -0.480 e. The molecule has 1 aliphatic carbocycles. The van der Waals surface area contributed by atoms with Crippen LogP contribution in [0.2, 0.25) is 0 Å². The standard InChI is InChI=1S/C14H22N2O4S/c1-2-11(17)16-9-21-8-10(16)12(18)15-14(13(19)20)6-4-3-5-7-14/h10H,2-9H2,1H3,(H,15,18)(H,19,20). The van der Waals surface area contributed by atoms with E-state index in [1.165, 1.54) is 11.8 Å². The summed E-state index contributed by atoms with van der Waals surface area (Å²) in [5.74, 6) is -0.313. The Bertz CT molecular complexity index is 435. The molecule has 0 aromatic rings. The van der Waals surface area contributed by atoms with E-state index in [1.54, 1.807) is 11.8 Å². The number of rotatable bonds is 4. The quantitative estimate of drug-likeness (QED) is 0.814. The van der Waals surface area contributed by atoms with E-state index in [9.17, 15) is 19.5 Å². The lowest BCUT2D eigenvalue weighted by Gasteiger charge is -2.35. The van der Waals surface area contributed by atoms with Crippen molar-refractivity contribution in [2.24, 2.45) is 0 Å². The molecule has 1 aliphatic heterocycles. The normalized spacial score (nSPS) is 24.6. The summed E-state index contributed by atoms with van der Waals surface area (Å²) in [6.07, 6.45) is 3.91. The monoisotopic (exact) mass is 314 g/mol. The first-order chi connectivity index (χ1) is 10.00. The first-order valence-electron chi connectivity index (χ1n) is 7.43. The van der Waals surface area contributed by atoms with Crippen LogP contribution in [-0.4, -0.2) is 51.0 Å². The zero-order chi connectivity index (χ0) is 15.5. The van der Waals surface area contributed by atoms with Crippen LogP contribution in [0, 0.1) is 0 Å². The Morgan fingerprint density at radius 2 is 1.95 bits per heavy atom. The molecule has 0 radical (unpaired) electrons. The lowest BCUT2D eigenvalue weighted by Crippen LogP contribution is -2.60. The van der Waals surface area contributed by atoms with Crippen LogP contribution in [0.4, 0.5) is 0 Å². The van der Waals surface area contributed by atoms with Gasteiger partial charge in [0.15, 0.2) is 0 Å². The Morgan fingerprint density at radius 1 is 1.29 bits per heavy atom. The highest BCUT2D eigenvalue weighted by Crippen LogP contribution is 2.30. The summed E-state index contributed by atoms with van der Waals surface area (Å²) in [5, 5.41) is 12.2. The molecule has 118 valence electrons.